The SMILES string of the molecule is Cc1ccn(CCN(C)c2ccc(C(F)(F)F)cc2)c1C=O. The summed E-state index contributed by atoms with van der Waals surface area (Å²) in [7, 11) is 1.81. The lowest BCUT2D eigenvalue weighted by atomic mass is 10.2. The van der Waals surface area contributed by atoms with Crippen LogP contribution in [0, 0.1) is 6.92 Å². The van der Waals surface area contributed by atoms with Crippen molar-refractivity contribution >= 4 is 12.0 Å². The third-order valence-corrected chi connectivity index (χ3v) is 3.64. The average Bonchev–Trinajstić information content (AvgIpc) is 2.84. The second-order valence-corrected chi connectivity index (χ2v) is 5.16. The second-order valence-electron chi connectivity index (χ2n) is 5.16. The fraction of sp³-hybridized carbons (Fsp3) is 0.312. The molecule has 0 atom stereocenters. The number of nitrogens with zero attached hydrogens (tertiary/aromatic N) is 2. The first-order valence-corrected chi connectivity index (χ1v) is 6.82. The largest absolute Gasteiger partial charge is 0.416 e. The number of hydrogen-bond acceptors (Lipinski definition) is 2. The molecule has 2 aromatic rings. The summed E-state index contributed by atoms with van der Waals surface area (Å²) in [5.74, 6) is 0. The van der Waals surface area contributed by atoms with E-state index in [9.17, 15) is 18.0 Å². The third-order valence-electron chi connectivity index (χ3n) is 3.64. The van der Waals surface area contributed by atoms with E-state index >= 15 is 0 Å². The van der Waals surface area contributed by atoms with Crippen LogP contribution in [0.3, 0.4) is 0 Å². The van der Waals surface area contributed by atoms with Gasteiger partial charge in [-0.1, -0.05) is 0 Å². The summed E-state index contributed by atoms with van der Waals surface area (Å²) in [6, 6.07) is 6.90. The van der Waals surface area contributed by atoms with Crippen molar-refractivity contribution in [1.82, 2.24) is 4.57 Å². The van der Waals surface area contributed by atoms with Crippen molar-refractivity contribution in [2.75, 3.05) is 18.5 Å². The van der Waals surface area contributed by atoms with E-state index in [0.717, 1.165) is 24.0 Å². The Bertz CT molecular complexity index is 644. The van der Waals surface area contributed by atoms with Crippen LogP contribution in [0.5, 0.6) is 0 Å². The summed E-state index contributed by atoms with van der Waals surface area (Å²) >= 11 is 0. The zero-order valence-electron chi connectivity index (χ0n) is 12.4. The molecule has 0 aliphatic carbocycles. The molecule has 0 N–H and O–H groups in total. The summed E-state index contributed by atoms with van der Waals surface area (Å²) < 4.78 is 39.4. The molecule has 0 aliphatic heterocycles. The quantitative estimate of drug-likeness (QED) is 0.786. The Morgan fingerprint density at radius 2 is 1.82 bits per heavy atom. The maximum atomic E-state index is 12.5. The van der Waals surface area contributed by atoms with E-state index in [2.05, 4.69) is 0 Å². The lowest BCUT2D eigenvalue weighted by Gasteiger charge is -2.20. The molecule has 0 unspecified atom stereocenters. The Morgan fingerprint density at radius 3 is 2.36 bits per heavy atom. The van der Waals surface area contributed by atoms with Gasteiger partial charge >= 0.3 is 6.18 Å². The summed E-state index contributed by atoms with van der Waals surface area (Å²) in [5, 5.41) is 0. The molecule has 2 rings (SSSR count). The number of aromatic nitrogens is 1. The number of likely N-dealkylation sites (N-methyl/N-ethyl adjacent to an activating group) is 1. The molecule has 0 saturated carbocycles. The standard InChI is InChI=1S/C16H17F3N2O/c1-12-7-8-21(15(12)11-22)10-9-20(2)14-5-3-13(4-6-14)16(17,18)19/h3-8,11H,9-10H2,1-2H3. The fourth-order valence-electron chi connectivity index (χ4n) is 2.24. The normalized spacial score (nSPS) is 11.5. The predicted octanol–water partition coefficient (Wildman–Crippen LogP) is 3.76. The number of anilines is 1. The van der Waals surface area contributed by atoms with Gasteiger partial charge in [0, 0.05) is 32.0 Å². The van der Waals surface area contributed by atoms with Gasteiger partial charge in [0.25, 0.3) is 0 Å². The molecule has 0 radical (unpaired) electrons. The van der Waals surface area contributed by atoms with Crippen LogP contribution in [0.25, 0.3) is 0 Å². The molecular weight excluding hydrogens is 293 g/mol. The first kappa shape index (κ1) is 16.1. The molecule has 1 aromatic carbocycles. The highest BCUT2D eigenvalue weighted by Crippen LogP contribution is 2.30. The summed E-state index contributed by atoms with van der Waals surface area (Å²) in [5.41, 5.74) is 1.58. The number of carbonyl (C=O) groups is 1. The lowest BCUT2D eigenvalue weighted by Crippen LogP contribution is -2.23. The Balaban J connectivity index is 2.03. The first-order valence-electron chi connectivity index (χ1n) is 6.82. The molecule has 0 aliphatic rings. The van der Waals surface area contributed by atoms with Crippen LogP contribution in [-0.4, -0.2) is 24.4 Å². The van der Waals surface area contributed by atoms with Gasteiger partial charge in [-0.3, -0.25) is 4.79 Å². The smallest absolute Gasteiger partial charge is 0.373 e. The number of rotatable bonds is 5. The minimum atomic E-state index is -4.32. The van der Waals surface area contributed by atoms with Gasteiger partial charge in [-0.05, 0) is 42.8 Å². The van der Waals surface area contributed by atoms with Gasteiger partial charge in [-0.25, -0.2) is 0 Å². The van der Waals surface area contributed by atoms with Gasteiger partial charge in [0.1, 0.15) is 0 Å². The van der Waals surface area contributed by atoms with Crippen molar-refractivity contribution in [3.05, 3.63) is 53.3 Å². The van der Waals surface area contributed by atoms with Gasteiger partial charge < -0.3 is 9.47 Å². The van der Waals surface area contributed by atoms with Crippen LogP contribution < -0.4 is 4.90 Å². The van der Waals surface area contributed by atoms with Gasteiger partial charge in [0.15, 0.2) is 6.29 Å². The van der Waals surface area contributed by atoms with Crippen LogP contribution in [-0.2, 0) is 12.7 Å². The second kappa shape index (κ2) is 6.25. The molecule has 0 saturated heterocycles. The highest BCUT2D eigenvalue weighted by Gasteiger charge is 2.30. The van der Waals surface area contributed by atoms with E-state index in [-0.39, 0.29) is 0 Å². The molecule has 0 bridgehead atoms. The molecule has 1 aromatic heterocycles. The number of aryl methyl sites for hydroxylation is 1. The molecule has 0 amide bonds. The van der Waals surface area contributed by atoms with Crippen molar-refractivity contribution in [3.8, 4) is 0 Å². The van der Waals surface area contributed by atoms with Crippen LogP contribution in [0.4, 0.5) is 18.9 Å². The third kappa shape index (κ3) is 3.50. The van der Waals surface area contributed by atoms with Crippen molar-refractivity contribution in [3.63, 3.8) is 0 Å². The number of aldehydes is 1. The maximum absolute atomic E-state index is 12.5. The topological polar surface area (TPSA) is 25.2 Å². The molecule has 1 heterocycles. The molecule has 0 spiro atoms. The van der Waals surface area contributed by atoms with E-state index < -0.39 is 11.7 Å². The van der Waals surface area contributed by atoms with Crippen LogP contribution in [0.2, 0.25) is 0 Å². The van der Waals surface area contributed by atoms with E-state index in [1.54, 1.807) is 7.05 Å². The average molecular weight is 310 g/mol. The highest BCUT2D eigenvalue weighted by molar-refractivity contribution is 5.74. The van der Waals surface area contributed by atoms with Gasteiger partial charge in [0.2, 0.25) is 0 Å². The highest BCUT2D eigenvalue weighted by atomic mass is 19.4. The fourth-order valence-corrected chi connectivity index (χ4v) is 2.24. The van der Waals surface area contributed by atoms with E-state index in [1.165, 1.54) is 12.1 Å². The van der Waals surface area contributed by atoms with Crippen LogP contribution in [0.15, 0.2) is 36.5 Å². The maximum Gasteiger partial charge on any atom is 0.416 e. The number of hydrogen-bond donors (Lipinski definition) is 0. The van der Waals surface area contributed by atoms with Crippen LogP contribution >= 0.6 is 0 Å². The molecule has 0 fully saturated rings. The Hall–Kier alpha value is -2.24. The van der Waals surface area contributed by atoms with Gasteiger partial charge in [-0.15, -0.1) is 0 Å². The van der Waals surface area contributed by atoms with E-state index in [4.69, 9.17) is 0 Å². The molecule has 6 heteroatoms. The minimum absolute atomic E-state index is 0.583. The Morgan fingerprint density at radius 1 is 1.18 bits per heavy atom. The summed E-state index contributed by atoms with van der Waals surface area (Å²) in [6.45, 7) is 3.03. The number of alkyl halides is 3. The zero-order valence-corrected chi connectivity index (χ0v) is 12.4. The van der Waals surface area contributed by atoms with Crippen LogP contribution in [0.1, 0.15) is 21.6 Å². The van der Waals surface area contributed by atoms with Gasteiger partial charge in [-0.2, -0.15) is 13.2 Å². The van der Waals surface area contributed by atoms with E-state index in [0.29, 0.717) is 24.5 Å². The lowest BCUT2D eigenvalue weighted by molar-refractivity contribution is -0.137. The Labute approximate surface area is 127 Å². The summed E-state index contributed by atoms with van der Waals surface area (Å²) in [6.07, 6.45) is -1.67. The van der Waals surface area contributed by atoms with E-state index in [1.807, 2.05) is 28.7 Å². The monoisotopic (exact) mass is 310 g/mol. The zero-order chi connectivity index (χ0) is 16.3. The molecule has 3 nitrogen and oxygen atoms in total. The van der Waals surface area contributed by atoms with Crippen molar-refractivity contribution in [2.24, 2.45) is 0 Å². The van der Waals surface area contributed by atoms with Crippen molar-refractivity contribution < 1.29 is 18.0 Å². The minimum Gasteiger partial charge on any atom is -0.373 e. The molecular formula is C16H17F3N2O. The van der Waals surface area contributed by atoms with Crippen molar-refractivity contribution in [2.45, 2.75) is 19.6 Å². The number of benzene rings is 1. The Kier molecular flexibility index (Phi) is 4.59. The number of halogens is 3. The predicted molar refractivity (Wildman–Crippen MR) is 79.3 cm³/mol. The molecule has 22 heavy (non-hydrogen) atoms. The van der Waals surface area contributed by atoms with Crippen molar-refractivity contribution in [1.29, 1.82) is 0 Å². The summed E-state index contributed by atoms with van der Waals surface area (Å²) in [4.78, 5) is 12.9. The first-order chi connectivity index (χ1) is 10.3. The molecule has 118 valence electrons. The number of carbonyl (C=O) groups excluding carboxylic acids is 1. The van der Waals surface area contributed by atoms with Gasteiger partial charge in [0.05, 0.1) is 11.3 Å².